The van der Waals surface area contributed by atoms with Crippen LogP contribution in [0.2, 0.25) is 0 Å². The average molecular weight is 191 g/mol. The van der Waals surface area contributed by atoms with Crippen molar-refractivity contribution < 1.29 is 18.3 Å². The third-order valence-electron chi connectivity index (χ3n) is 1.41. The summed E-state index contributed by atoms with van der Waals surface area (Å²) in [4.78, 5) is -1.45. The van der Waals surface area contributed by atoms with Gasteiger partial charge in [0.1, 0.15) is 0 Å². The molecule has 0 fully saturated rings. The van der Waals surface area contributed by atoms with Crippen LogP contribution in [0.15, 0.2) is 0 Å². The summed E-state index contributed by atoms with van der Waals surface area (Å²) in [6.45, 7) is 1.48. The molecule has 0 rings (SSSR count). The first-order chi connectivity index (χ1) is 4.69. The number of rotatable bonds is 2. The fourth-order valence-corrected chi connectivity index (χ4v) is 0.902. The highest BCUT2D eigenvalue weighted by molar-refractivity contribution is 6.23. The highest BCUT2D eigenvalue weighted by atomic mass is 35.5. The maximum atomic E-state index is 12.0. The van der Waals surface area contributed by atoms with Crippen LogP contribution in [0.4, 0.5) is 13.2 Å². The normalized spacial score (nSPS) is 16.6. The van der Waals surface area contributed by atoms with Crippen LogP contribution in [-0.2, 0) is 0 Å². The van der Waals surface area contributed by atoms with Crippen molar-refractivity contribution in [2.75, 3.05) is 6.61 Å². The van der Waals surface area contributed by atoms with E-state index in [9.17, 15) is 13.2 Å². The molecule has 0 aliphatic carbocycles. The Morgan fingerprint density at radius 1 is 1.36 bits per heavy atom. The molecule has 0 radical (unpaired) electrons. The molecule has 0 aliphatic heterocycles. The summed E-state index contributed by atoms with van der Waals surface area (Å²) < 4.78 is 35.9. The summed E-state index contributed by atoms with van der Waals surface area (Å²) in [6.07, 6.45) is -4.43. The molecule has 68 valence electrons. The predicted octanol–water partition coefficient (Wildman–Crippen LogP) is 2.17. The van der Waals surface area contributed by atoms with Gasteiger partial charge in [-0.15, -0.1) is 11.6 Å². The van der Waals surface area contributed by atoms with E-state index >= 15 is 0 Å². The first-order valence-corrected chi connectivity index (χ1v) is 3.44. The molecule has 1 unspecified atom stereocenters. The highest BCUT2D eigenvalue weighted by Gasteiger charge is 2.47. The Hall–Kier alpha value is 0.0400. The maximum Gasteiger partial charge on any atom is 0.395 e. The molecular weight excluding hydrogens is 181 g/mol. The van der Waals surface area contributed by atoms with E-state index in [-0.39, 0.29) is 0 Å². The molecule has 1 atom stereocenters. The fraction of sp³-hybridized carbons (Fsp3) is 1.00. The van der Waals surface area contributed by atoms with Gasteiger partial charge in [-0.3, -0.25) is 0 Å². The molecule has 0 saturated carbocycles. The van der Waals surface area contributed by atoms with Gasteiger partial charge in [0.05, 0.1) is 17.4 Å². The van der Waals surface area contributed by atoms with Gasteiger partial charge in [0.2, 0.25) is 0 Å². The third kappa shape index (κ3) is 3.29. The van der Waals surface area contributed by atoms with Crippen LogP contribution in [0.25, 0.3) is 0 Å². The van der Waals surface area contributed by atoms with E-state index in [1.807, 2.05) is 0 Å². The third-order valence-corrected chi connectivity index (χ3v) is 1.67. The van der Waals surface area contributed by atoms with E-state index in [2.05, 4.69) is 0 Å². The number of hydrogen-bond acceptors (Lipinski definition) is 1. The van der Waals surface area contributed by atoms with Crippen LogP contribution in [0.1, 0.15) is 13.8 Å². The van der Waals surface area contributed by atoms with Crippen molar-refractivity contribution in [3.63, 3.8) is 0 Å². The molecule has 0 saturated heterocycles. The van der Waals surface area contributed by atoms with Gasteiger partial charge in [-0.1, -0.05) is 0 Å². The quantitative estimate of drug-likeness (QED) is 0.662. The molecule has 0 heterocycles. The second-order valence-corrected chi connectivity index (χ2v) is 3.82. The summed E-state index contributed by atoms with van der Waals surface area (Å²) in [7, 11) is 0. The maximum absolute atomic E-state index is 12.0. The molecular formula is C6H10ClF3O. The van der Waals surface area contributed by atoms with Crippen molar-refractivity contribution in [3.8, 4) is 0 Å². The molecule has 0 aliphatic rings. The number of alkyl halides is 4. The van der Waals surface area contributed by atoms with Crippen molar-refractivity contribution >= 4 is 11.6 Å². The van der Waals surface area contributed by atoms with Gasteiger partial charge < -0.3 is 5.11 Å². The molecule has 1 N–H and O–H groups in total. The van der Waals surface area contributed by atoms with Crippen molar-refractivity contribution in [1.29, 1.82) is 0 Å². The summed E-state index contributed by atoms with van der Waals surface area (Å²) in [6, 6.07) is 0. The second-order valence-electron chi connectivity index (χ2n) is 2.84. The van der Waals surface area contributed by atoms with Crippen LogP contribution >= 0.6 is 11.6 Å². The summed E-state index contributed by atoms with van der Waals surface area (Å²) >= 11 is 5.40. The highest BCUT2D eigenvalue weighted by Crippen LogP contribution is 2.37. The van der Waals surface area contributed by atoms with E-state index in [0.717, 1.165) is 0 Å². The smallest absolute Gasteiger partial charge is 0.395 e. The van der Waals surface area contributed by atoms with E-state index < -0.39 is 23.6 Å². The van der Waals surface area contributed by atoms with Crippen molar-refractivity contribution in [1.82, 2.24) is 0 Å². The zero-order valence-corrected chi connectivity index (χ0v) is 7.00. The van der Waals surface area contributed by atoms with Gasteiger partial charge in [0, 0.05) is 0 Å². The Kier molecular flexibility index (Phi) is 3.20. The van der Waals surface area contributed by atoms with Crippen molar-refractivity contribution in [2.45, 2.75) is 24.9 Å². The van der Waals surface area contributed by atoms with Gasteiger partial charge in [0.25, 0.3) is 0 Å². The van der Waals surface area contributed by atoms with Crippen LogP contribution in [0, 0.1) is 5.92 Å². The van der Waals surface area contributed by atoms with Crippen LogP contribution < -0.4 is 0 Å². The summed E-state index contributed by atoms with van der Waals surface area (Å²) in [5, 5.41) is 8.39. The average Bonchev–Trinajstić information content (AvgIpc) is 1.56. The zero-order chi connectivity index (χ0) is 9.28. The molecule has 1 nitrogen and oxygen atoms in total. The van der Waals surface area contributed by atoms with E-state index in [1.54, 1.807) is 0 Å². The SMILES string of the molecule is CC(C)(Cl)C(CO)C(F)(F)F. The standard InChI is InChI=1S/C6H10ClF3O/c1-5(2,7)4(3-11)6(8,9)10/h4,11H,3H2,1-2H3. The number of halogens is 4. The molecule has 11 heavy (non-hydrogen) atoms. The molecule has 0 aromatic rings. The molecule has 0 bridgehead atoms. The lowest BCUT2D eigenvalue weighted by Crippen LogP contribution is -2.39. The topological polar surface area (TPSA) is 20.2 Å². The first-order valence-electron chi connectivity index (χ1n) is 3.06. The minimum atomic E-state index is -4.43. The van der Waals surface area contributed by atoms with Crippen LogP contribution in [0.3, 0.4) is 0 Å². The predicted molar refractivity (Wildman–Crippen MR) is 36.6 cm³/mol. The number of hydrogen-bond donors (Lipinski definition) is 1. The Labute approximate surface area is 68.2 Å². The number of aliphatic hydroxyl groups is 1. The van der Waals surface area contributed by atoms with Crippen LogP contribution in [-0.4, -0.2) is 22.8 Å². The van der Waals surface area contributed by atoms with Gasteiger partial charge in [0.15, 0.2) is 0 Å². The van der Waals surface area contributed by atoms with Crippen LogP contribution in [0.5, 0.6) is 0 Å². The Bertz CT molecular complexity index is 113. The second kappa shape index (κ2) is 3.19. The minimum Gasteiger partial charge on any atom is -0.396 e. The lowest BCUT2D eigenvalue weighted by atomic mass is 9.95. The Morgan fingerprint density at radius 3 is 1.73 bits per heavy atom. The molecule has 0 spiro atoms. The van der Waals surface area contributed by atoms with Gasteiger partial charge in [-0.2, -0.15) is 13.2 Å². The minimum absolute atomic E-state index is 0.972. The van der Waals surface area contributed by atoms with Gasteiger partial charge >= 0.3 is 6.18 Å². The molecule has 0 aromatic carbocycles. The van der Waals surface area contributed by atoms with E-state index in [0.29, 0.717) is 0 Å². The fourth-order valence-electron chi connectivity index (χ4n) is 0.710. The summed E-state index contributed by atoms with van der Waals surface area (Å²) in [5.74, 6) is -1.86. The summed E-state index contributed by atoms with van der Waals surface area (Å²) in [5.41, 5.74) is 0. The van der Waals surface area contributed by atoms with E-state index in [1.165, 1.54) is 13.8 Å². The Morgan fingerprint density at radius 2 is 1.73 bits per heavy atom. The lowest BCUT2D eigenvalue weighted by Gasteiger charge is -2.28. The first kappa shape index (κ1) is 11.0. The van der Waals surface area contributed by atoms with Crippen molar-refractivity contribution in [3.05, 3.63) is 0 Å². The van der Waals surface area contributed by atoms with Gasteiger partial charge in [-0.25, -0.2) is 0 Å². The van der Waals surface area contributed by atoms with Crippen molar-refractivity contribution in [2.24, 2.45) is 5.92 Å². The van der Waals surface area contributed by atoms with E-state index in [4.69, 9.17) is 16.7 Å². The molecule has 0 aromatic heterocycles. The zero-order valence-electron chi connectivity index (χ0n) is 6.24. The lowest BCUT2D eigenvalue weighted by molar-refractivity contribution is -0.191. The van der Waals surface area contributed by atoms with Gasteiger partial charge in [-0.05, 0) is 13.8 Å². The Balaban J connectivity index is 4.43. The number of aliphatic hydroxyl groups excluding tert-OH is 1. The monoisotopic (exact) mass is 190 g/mol. The molecule has 0 amide bonds. The molecule has 5 heteroatoms. The largest absolute Gasteiger partial charge is 0.396 e.